The molecule has 0 saturated heterocycles. The second kappa shape index (κ2) is 5.02. The van der Waals surface area contributed by atoms with Crippen LogP contribution in [0.3, 0.4) is 0 Å². The van der Waals surface area contributed by atoms with Gasteiger partial charge in [-0.3, -0.25) is 0 Å². The lowest BCUT2D eigenvalue weighted by Gasteiger charge is -2.00. The van der Waals surface area contributed by atoms with Gasteiger partial charge in [0.1, 0.15) is 10.4 Å². The lowest BCUT2D eigenvalue weighted by atomic mass is 10.1. The Labute approximate surface area is 119 Å². The minimum Gasteiger partial charge on any atom is -0.478 e. The number of carbonyl (C=O) groups is 2. The van der Waals surface area contributed by atoms with Gasteiger partial charge in [-0.1, -0.05) is 12.1 Å². The second-order valence-electron chi connectivity index (χ2n) is 3.35. The molecule has 5 nitrogen and oxygen atoms in total. The van der Waals surface area contributed by atoms with E-state index in [0.29, 0.717) is 17.1 Å². The third-order valence-electron chi connectivity index (χ3n) is 2.22. The predicted molar refractivity (Wildman–Crippen MR) is 74.2 cm³/mol. The predicted octanol–water partition coefficient (Wildman–Crippen LogP) is 2.81. The molecule has 92 valence electrons. The molecule has 0 amide bonds. The molecular formula is C11H6INO4S. The Morgan fingerprint density at radius 1 is 1.11 bits per heavy atom. The first-order chi connectivity index (χ1) is 8.50. The highest BCUT2D eigenvalue weighted by Crippen LogP contribution is 2.29. The van der Waals surface area contributed by atoms with Crippen molar-refractivity contribution in [2.45, 2.75) is 0 Å². The summed E-state index contributed by atoms with van der Waals surface area (Å²) < 4.78 is 4.94. The fourth-order valence-electron chi connectivity index (χ4n) is 1.44. The summed E-state index contributed by atoms with van der Waals surface area (Å²) in [5, 5.41) is 18.0. The Kier molecular flexibility index (Phi) is 3.62. The monoisotopic (exact) mass is 375 g/mol. The second-order valence-corrected chi connectivity index (χ2v) is 5.37. The number of hydrogen-bond acceptors (Lipinski definition) is 4. The minimum atomic E-state index is -1.28. The number of nitrogens with zero attached hydrogens (tertiary/aromatic N) is 1. The Balaban J connectivity index is 2.61. The molecule has 7 heteroatoms. The van der Waals surface area contributed by atoms with Crippen LogP contribution in [-0.2, 0) is 0 Å². The number of aromatic carboxylic acids is 2. The van der Waals surface area contributed by atoms with E-state index in [1.807, 2.05) is 0 Å². The van der Waals surface area contributed by atoms with E-state index in [0.717, 1.165) is 3.57 Å². The van der Waals surface area contributed by atoms with Crippen molar-refractivity contribution in [1.82, 2.24) is 4.37 Å². The van der Waals surface area contributed by atoms with E-state index in [4.69, 9.17) is 10.2 Å². The lowest BCUT2D eigenvalue weighted by Crippen LogP contribution is -2.05. The van der Waals surface area contributed by atoms with Gasteiger partial charge in [-0.25, -0.2) is 9.59 Å². The third kappa shape index (κ3) is 2.36. The number of aromatic nitrogens is 1. The molecule has 0 aliphatic carbocycles. The van der Waals surface area contributed by atoms with Gasteiger partial charge in [0.2, 0.25) is 0 Å². The van der Waals surface area contributed by atoms with Crippen LogP contribution >= 0.6 is 34.1 Å². The summed E-state index contributed by atoms with van der Waals surface area (Å²) in [4.78, 5) is 21.8. The van der Waals surface area contributed by atoms with Crippen LogP contribution in [0.1, 0.15) is 20.0 Å². The quantitative estimate of drug-likeness (QED) is 0.806. The van der Waals surface area contributed by atoms with E-state index < -0.39 is 11.9 Å². The fourth-order valence-corrected chi connectivity index (χ4v) is 2.53. The number of carboxylic acids is 2. The van der Waals surface area contributed by atoms with E-state index in [-0.39, 0.29) is 16.1 Å². The molecule has 0 atom stereocenters. The molecule has 0 saturated carbocycles. The van der Waals surface area contributed by atoms with Crippen molar-refractivity contribution in [2.24, 2.45) is 0 Å². The topological polar surface area (TPSA) is 87.5 Å². The van der Waals surface area contributed by atoms with Gasteiger partial charge in [-0.05, 0) is 46.3 Å². The molecule has 1 aromatic heterocycles. The molecule has 0 fully saturated rings. The van der Waals surface area contributed by atoms with Crippen molar-refractivity contribution in [3.8, 4) is 11.3 Å². The maximum atomic E-state index is 11.2. The zero-order valence-corrected chi connectivity index (χ0v) is 11.7. The highest BCUT2D eigenvalue weighted by Gasteiger charge is 2.25. The van der Waals surface area contributed by atoms with E-state index in [1.165, 1.54) is 0 Å². The summed E-state index contributed by atoms with van der Waals surface area (Å²) >= 11 is 2.80. The van der Waals surface area contributed by atoms with Gasteiger partial charge in [0.25, 0.3) is 0 Å². The van der Waals surface area contributed by atoms with Gasteiger partial charge in [0.05, 0.1) is 5.69 Å². The van der Waals surface area contributed by atoms with Crippen LogP contribution < -0.4 is 0 Å². The number of carboxylic acid groups (broad SMARTS) is 2. The first-order valence-corrected chi connectivity index (χ1v) is 6.58. The Morgan fingerprint density at radius 2 is 1.72 bits per heavy atom. The van der Waals surface area contributed by atoms with E-state index in [1.54, 1.807) is 24.3 Å². The zero-order chi connectivity index (χ0) is 13.3. The van der Waals surface area contributed by atoms with Gasteiger partial charge < -0.3 is 10.2 Å². The average Bonchev–Trinajstić information content (AvgIpc) is 2.74. The Bertz CT molecular complexity index is 620. The standard InChI is InChI=1S/C11H6INO4S/c12-6-3-1-5(2-4-6)8-7(10(14)15)9(11(16)17)18-13-8/h1-4H,(H,14,15)(H,16,17). The maximum absolute atomic E-state index is 11.2. The minimum absolute atomic E-state index is 0.196. The van der Waals surface area contributed by atoms with Crippen LogP contribution in [-0.4, -0.2) is 26.5 Å². The van der Waals surface area contributed by atoms with E-state index >= 15 is 0 Å². The van der Waals surface area contributed by atoms with E-state index in [9.17, 15) is 9.59 Å². The molecular weight excluding hydrogens is 369 g/mol. The average molecular weight is 375 g/mol. The zero-order valence-electron chi connectivity index (χ0n) is 8.75. The smallest absolute Gasteiger partial charge is 0.348 e. The summed E-state index contributed by atoms with van der Waals surface area (Å²) in [5.74, 6) is -2.56. The molecule has 2 N–H and O–H groups in total. The number of halogens is 1. The number of rotatable bonds is 3. The van der Waals surface area contributed by atoms with Crippen LogP contribution in [0.25, 0.3) is 11.3 Å². The van der Waals surface area contributed by atoms with Gasteiger partial charge in [0, 0.05) is 9.13 Å². The number of hydrogen-bond donors (Lipinski definition) is 2. The molecule has 0 spiro atoms. The maximum Gasteiger partial charge on any atom is 0.348 e. The van der Waals surface area contributed by atoms with Crippen LogP contribution in [0.15, 0.2) is 24.3 Å². The van der Waals surface area contributed by atoms with Crippen molar-refractivity contribution < 1.29 is 19.8 Å². The summed E-state index contributed by atoms with van der Waals surface area (Å²) in [6, 6.07) is 7.05. The summed E-state index contributed by atoms with van der Waals surface area (Å²) in [7, 11) is 0. The molecule has 0 aliphatic rings. The van der Waals surface area contributed by atoms with Gasteiger partial charge >= 0.3 is 11.9 Å². The molecule has 0 unspecified atom stereocenters. The SMILES string of the molecule is O=C(O)c1snc(-c2ccc(I)cc2)c1C(=O)O. The summed E-state index contributed by atoms with van der Waals surface area (Å²) in [5.41, 5.74) is 0.534. The van der Waals surface area contributed by atoms with Crippen LogP contribution in [0.2, 0.25) is 0 Å². The van der Waals surface area contributed by atoms with Crippen molar-refractivity contribution in [3.63, 3.8) is 0 Å². The molecule has 1 heterocycles. The molecule has 0 aliphatic heterocycles. The van der Waals surface area contributed by atoms with Gasteiger partial charge in [-0.15, -0.1) is 0 Å². The number of benzene rings is 1. The first kappa shape index (κ1) is 13.0. The normalized spacial score (nSPS) is 10.3. The summed E-state index contributed by atoms with van der Waals surface area (Å²) in [6.45, 7) is 0. The first-order valence-electron chi connectivity index (χ1n) is 4.73. The van der Waals surface area contributed by atoms with Crippen molar-refractivity contribution in [2.75, 3.05) is 0 Å². The third-order valence-corrected chi connectivity index (χ3v) is 3.77. The molecule has 0 bridgehead atoms. The molecule has 0 radical (unpaired) electrons. The molecule has 2 rings (SSSR count). The van der Waals surface area contributed by atoms with Crippen molar-refractivity contribution >= 4 is 46.1 Å². The lowest BCUT2D eigenvalue weighted by molar-refractivity contribution is 0.0656. The van der Waals surface area contributed by atoms with Gasteiger partial charge in [-0.2, -0.15) is 4.37 Å². The molecule has 1 aromatic carbocycles. The van der Waals surface area contributed by atoms with Gasteiger partial charge in [0.15, 0.2) is 0 Å². The van der Waals surface area contributed by atoms with Crippen LogP contribution in [0, 0.1) is 3.57 Å². The van der Waals surface area contributed by atoms with Crippen molar-refractivity contribution in [3.05, 3.63) is 38.3 Å². The Hall–Kier alpha value is -1.48. The Morgan fingerprint density at radius 3 is 2.22 bits per heavy atom. The molecule has 2 aromatic rings. The molecule has 18 heavy (non-hydrogen) atoms. The highest BCUT2D eigenvalue weighted by atomic mass is 127. The van der Waals surface area contributed by atoms with E-state index in [2.05, 4.69) is 27.0 Å². The summed E-state index contributed by atoms with van der Waals surface area (Å²) in [6.07, 6.45) is 0. The largest absolute Gasteiger partial charge is 0.478 e. The van der Waals surface area contributed by atoms with Crippen molar-refractivity contribution in [1.29, 1.82) is 0 Å². The van der Waals surface area contributed by atoms with Crippen LogP contribution in [0.5, 0.6) is 0 Å². The highest BCUT2D eigenvalue weighted by molar-refractivity contribution is 14.1. The van der Waals surface area contributed by atoms with Crippen LogP contribution in [0.4, 0.5) is 0 Å². The fraction of sp³-hybridized carbons (Fsp3) is 0.